The molecule has 3 unspecified atom stereocenters. The zero-order valence-corrected chi connectivity index (χ0v) is 11.8. The molecule has 0 amide bonds. The number of benzene rings is 1. The molecule has 1 heterocycles. The summed E-state index contributed by atoms with van der Waals surface area (Å²) in [7, 11) is 0. The van der Waals surface area contributed by atoms with Crippen molar-refractivity contribution in [3.05, 3.63) is 35.6 Å². The second kappa shape index (κ2) is 6.04. The zero-order valence-electron chi connectivity index (χ0n) is 11.8. The molecule has 0 bridgehead atoms. The maximum Gasteiger partial charge on any atom is 0.154 e. The van der Waals surface area contributed by atoms with Gasteiger partial charge in [0.2, 0.25) is 0 Å². The molecule has 2 nitrogen and oxygen atoms in total. The molecule has 1 saturated heterocycles. The second-order valence-electron chi connectivity index (χ2n) is 6.18. The molecule has 1 aromatic rings. The average Bonchev–Trinajstić information content (AvgIpc) is 2.49. The fourth-order valence-electron chi connectivity index (χ4n) is 3.70. The van der Waals surface area contributed by atoms with Crippen LogP contribution in [-0.2, 0) is 11.2 Å². The molecule has 1 aromatic carbocycles. The van der Waals surface area contributed by atoms with Gasteiger partial charge < -0.3 is 5.32 Å². The number of rotatable bonds is 3. The number of nitrogens with one attached hydrogen (secondary N) is 1. The minimum Gasteiger partial charge on any atom is -0.304 e. The highest BCUT2D eigenvalue weighted by Gasteiger charge is 2.34. The van der Waals surface area contributed by atoms with E-state index in [9.17, 15) is 9.18 Å². The van der Waals surface area contributed by atoms with Crippen LogP contribution in [0.15, 0.2) is 24.3 Å². The molecule has 3 heteroatoms. The number of Topliss-reactive ketones (excluding diaryl/α,β-unsaturated/α-hetero) is 1. The van der Waals surface area contributed by atoms with Crippen molar-refractivity contribution < 1.29 is 9.18 Å². The third-order valence-corrected chi connectivity index (χ3v) is 4.86. The van der Waals surface area contributed by atoms with Gasteiger partial charge in [0, 0.05) is 12.5 Å². The highest BCUT2D eigenvalue weighted by molar-refractivity contribution is 5.86. The van der Waals surface area contributed by atoms with E-state index in [2.05, 4.69) is 5.32 Å². The first-order valence-electron chi connectivity index (χ1n) is 7.76. The monoisotopic (exact) mass is 275 g/mol. The van der Waals surface area contributed by atoms with E-state index >= 15 is 0 Å². The molecular weight excluding hydrogens is 253 g/mol. The lowest BCUT2D eigenvalue weighted by molar-refractivity contribution is -0.121. The van der Waals surface area contributed by atoms with Crippen LogP contribution in [0.2, 0.25) is 0 Å². The summed E-state index contributed by atoms with van der Waals surface area (Å²) in [6.07, 6.45) is 7.35. The Balaban J connectivity index is 1.62. The lowest BCUT2D eigenvalue weighted by Crippen LogP contribution is -2.52. The third-order valence-electron chi connectivity index (χ3n) is 4.86. The quantitative estimate of drug-likeness (QED) is 0.917. The summed E-state index contributed by atoms with van der Waals surface area (Å²) in [4.78, 5) is 12.4. The van der Waals surface area contributed by atoms with E-state index in [0.29, 0.717) is 11.6 Å². The van der Waals surface area contributed by atoms with Crippen molar-refractivity contribution >= 4 is 5.78 Å². The van der Waals surface area contributed by atoms with E-state index in [1.165, 1.54) is 31.7 Å². The number of carbonyl (C=O) groups is 1. The largest absolute Gasteiger partial charge is 0.304 e. The molecule has 1 saturated carbocycles. The van der Waals surface area contributed by atoms with Crippen LogP contribution in [0.4, 0.5) is 4.39 Å². The average molecular weight is 275 g/mol. The Hall–Kier alpha value is -1.22. The summed E-state index contributed by atoms with van der Waals surface area (Å²) >= 11 is 0. The molecule has 2 aliphatic rings. The maximum absolute atomic E-state index is 13.6. The van der Waals surface area contributed by atoms with Gasteiger partial charge in [-0.3, -0.25) is 4.79 Å². The number of hydrogen-bond acceptors (Lipinski definition) is 2. The fraction of sp³-hybridized carbons (Fsp3) is 0.588. The van der Waals surface area contributed by atoms with Gasteiger partial charge in [0.1, 0.15) is 5.82 Å². The Bertz CT molecular complexity index is 488. The van der Waals surface area contributed by atoms with Gasteiger partial charge in [-0.25, -0.2) is 4.39 Å². The molecule has 3 rings (SSSR count). The van der Waals surface area contributed by atoms with E-state index in [1.54, 1.807) is 18.2 Å². The van der Waals surface area contributed by atoms with E-state index < -0.39 is 0 Å². The van der Waals surface area contributed by atoms with Crippen molar-refractivity contribution in [1.82, 2.24) is 5.32 Å². The molecule has 20 heavy (non-hydrogen) atoms. The molecule has 1 aliphatic heterocycles. The summed E-state index contributed by atoms with van der Waals surface area (Å²) in [6, 6.07) is 7.01. The first-order valence-corrected chi connectivity index (χ1v) is 7.76. The predicted octanol–water partition coefficient (Wildman–Crippen LogP) is 3.25. The predicted molar refractivity (Wildman–Crippen MR) is 77.0 cm³/mol. The number of fused-ring (bicyclic) bond motifs is 1. The lowest BCUT2D eigenvalue weighted by Gasteiger charge is -2.40. The van der Waals surface area contributed by atoms with Gasteiger partial charge in [-0.05, 0) is 43.2 Å². The van der Waals surface area contributed by atoms with Crippen LogP contribution in [-0.4, -0.2) is 17.9 Å². The van der Waals surface area contributed by atoms with Gasteiger partial charge in [-0.2, -0.15) is 0 Å². The summed E-state index contributed by atoms with van der Waals surface area (Å²) in [5, 5.41) is 3.52. The van der Waals surface area contributed by atoms with E-state index in [-0.39, 0.29) is 24.1 Å². The van der Waals surface area contributed by atoms with Crippen molar-refractivity contribution in [1.29, 1.82) is 0 Å². The first kappa shape index (κ1) is 13.7. The highest BCUT2D eigenvalue weighted by atomic mass is 19.1. The van der Waals surface area contributed by atoms with Crippen molar-refractivity contribution in [3.63, 3.8) is 0 Å². The normalized spacial score (nSPS) is 29.8. The topological polar surface area (TPSA) is 29.1 Å². The Morgan fingerprint density at radius 2 is 1.95 bits per heavy atom. The van der Waals surface area contributed by atoms with Crippen LogP contribution >= 0.6 is 0 Å². The maximum atomic E-state index is 13.6. The van der Waals surface area contributed by atoms with Crippen LogP contribution < -0.4 is 5.32 Å². The Labute approximate surface area is 119 Å². The van der Waals surface area contributed by atoms with Gasteiger partial charge in [0.05, 0.1) is 6.04 Å². The van der Waals surface area contributed by atoms with E-state index in [1.807, 2.05) is 0 Å². The van der Waals surface area contributed by atoms with E-state index in [4.69, 9.17) is 0 Å². The zero-order chi connectivity index (χ0) is 13.9. The van der Waals surface area contributed by atoms with Gasteiger partial charge >= 0.3 is 0 Å². The molecule has 0 spiro atoms. The number of carbonyl (C=O) groups excluding carboxylic acids is 1. The Morgan fingerprint density at radius 3 is 2.80 bits per heavy atom. The van der Waals surface area contributed by atoms with Crippen molar-refractivity contribution in [2.45, 2.75) is 57.0 Å². The van der Waals surface area contributed by atoms with Gasteiger partial charge in [-0.1, -0.05) is 31.0 Å². The first-order chi connectivity index (χ1) is 9.74. The molecule has 1 N–H and O–H groups in total. The van der Waals surface area contributed by atoms with Crippen LogP contribution in [0.1, 0.15) is 44.1 Å². The van der Waals surface area contributed by atoms with Crippen LogP contribution in [0.25, 0.3) is 0 Å². The van der Waals surface area contributed by atoms with E-state index in [0.717, 1.165) is 18.8 Å². The Kier molecular flexibility index (Phi) is 4.16. The molecule has 3 atom stereocenters. The number of hydrogen-bond donors (Lipinski definition) is 1. The van der Waals surface area contributed by atoms with Crippen molar-refractivity contribution in [2.24, 2.45) is 5.92 Å². The summed E-state index contributed by atoms with van der Waals surface area (Å²) in [5.41, 5.74) is 0.519. The standard InChI is InChI=1S/C17H22FNO/c18-14-7-3-1-6-13(14)11-17(20)16-10-9-12-5-2-4-8-15(12)19-16/h1,3,6-7,12,15-16,19H,2,4-5,8-11H2. The highest BCUT2D eigenvalue weighted by Crippen LogP contribution is 2.32. The number of ketones is 1. The smallest absolute Gasteiger partial charge is 0.154 e. The number of piperidine rings is 1. The third kappa shape index (κ3) is 2.93. The van der Waals surface area contributed by atoms with Crippen LogP contribution in [0.5, 0.6) is 0 Å². The molecule has 0 aromatic heterocycles. The minimum absolute atomic E-state index is 0.0750. The summed E-state index contributed by atoms with van der Waals surface area (Å²) in [5.74, 6) is 0.618. The number of halogens is 1. The summed E-state index contributed by atoms with van der Waals surface area (Å²) < 4.78 is 13.6. The molecule has 108 valence electrons. The van der Waals surface area contributed by atoms with Gasteiger partial charge in [0.15, 0.2) is 5.78 Å². The van der Waals surface area contributed by atoms with Gasteiger partial charge in [0.25, 0.3) is 0 Å². The van der Waals surface area contributed by atoms with Crippen LogP contribution in [0, 0.1) is 11.7 Å². The Morgan fingerprint density at radius 1 is 1.15 bits per heavy atom. The van der Waals surface area contributed by atoms with Crippen molar-refractivity contribution in [3.8, 4) is 0 Å². The van der Waals surface area contributed by atoms with Crippen molar-refractivity contribution in [2.75, 3.05) is 0 Å². The minimum atomic E-state index is -0.271. The second-order valence-corrected chi connectivity index (χ2v) is 6.18. The SMILES string of the molecule is O=C(Cc1ccccc1F)C1CCC2CCCCC2N1. The van der Waals surface area contributed by atoms with Crippen LogP contribution in [0.3, 0.4) is 0 Å². The molecule has 0 radical (unpaired) electrons. The fourth-order valence-corrected chi connectivity index (χ4v) is 3.70. The molecule has 1 aliphatic carbocycles. The molecular formula is C17H22FNO. The molecule has 2 fully saturated rings. The summed E-state index contributed by atoms with van der Waals surface area (Å²) in [6.45, 7) is 0. The lowest BCUT2D eigenvalue weighted by atomic mass is 9.77. The van der Waals surface area contributed by atoms with Gasteiger partial charge in [-0.15, -0.1) is 0 Å².